The first-order chi connectivity index (χ1) is 8.47. The first-order valence-electron chi connectivity index (χ1n) is 6.97. The molecule has 0 bridgehead atoms. The minimum Gasteiger partial charge on any atom is -0.377 e. The van der Waals surface area contributed by atoms with Crippen molar-refractivity contribution in [2.24, 2.45) is 10.4 Å². The molecule has 0 aromatic carbocycles. The van der Waals surface area contributed by atoms with E-state index in [4.69, 9.17) is 4.74 Å². The Morgan fingerprint density at radius 1 is 1.32 bits per heavy atom. The van der Waals surface area contributed by atoms with E-state index in [-0.39, 0.29) is 29.6 Å². The monoisotopic (exact) mass is 383 g/mol. The Balaban J connectivity index is 0.00000324. The number of hydrogen-bond donors (Lipinski definition) is 2. The van der Waals surface area contributed by atoms with Gasteiger partial charge in [0.05, 0.1) is 5.60 Å². The Kier molecular flexibility index (Phi) is 8.27. The van der Waals surface area contributed by atoms with E-state index in [0.717, 1.165) is 19.0 Å². The van der Waals surface area contributed by atoms with Crippen molar-refractivity contribution in [2.75, 3.05) is 27.2 Å². The highest BCUT2D eigenvalue weighted by atomic mass is 127. The van der Waals surface area contributed by atoms with Gasteiger partial charge in [-0.1, -0.05) is 13.3 Å². The van der Waals surface area contributed by atoms with Crippen LogP contribution >= 0.6 is 24.0 Å². The van der Waals surface area contributed by atoms with Gasteiger partial charge in [-0.2, -0.15) is 0 Å². The van der Waals surface area contributed by atoms with E-state index in [0.29, 0.717) is 5.41 Å². The molecule has 1 aliphatic carbocycles. The fraction of sp³-hybridized carbons (Fsp3) is 0.929. The Bertz CT molecular complexity index is 283. The summed E-state index contributed by atoms with van der Waals surface area (Å²) in [6.07, 6.45) is 5.31. The summed E-state index contributed by atoms with van der Waals surface area (Å²) in [4.78, 5) is 4.26. The molecule has 4 nitrogen and oxygen atoms in total. The lowest BCUT2D eigenvalue weighted by molar-refractivity contribution is 0.0267. The Labute approximate surface area is 135 Å². The molecule has 2 N–H and O–H groups in total. The SMILES string of the molecule is CCC1(CNC(=NC)NCC(C)(C)OC)CCC1.I. The quantitative estimate of drug-likeness (QED) is 0.421. The zero-order chi connectivity index (χ0) is 13.6. The summed E-state index contributed by atoms with van der Waals surface area (Å²) in [5.41, 5.74) is 0.338. The number of nitrogens with one attached hydrogen (secondary N) is 2. The highest BCUT2D eigenvalue weighted by Gasteiger charge is 2.34. The molecule has 0 unspecified atom stereocenters. The number of rotatable bonds is 6. The maximum atomic E-state index is 5.39. The van der Waals surface area contributed by atoms with Crippen LogP contribution in [0.3, 0.4) is 0 Å². The van der Waals surface area contributed by atoms with E-state index < -0.39 is 0 Å². The summed E-state index contributed by atoms with van der Waals surface area (Å²) in [6.45, 7) is 8.18. The first kappa shape index (κ1) is 19.0. The Morgan fingerprint density at radius 2 is 1.95 bits per heavy atom. The standard InChI is InChI=1S/C14H29N3O.HI/c1-6-14(8-7-9-14)11-17-12(15-4)16-10-13(2,3)18-5;/h6-11H2,1-5H3,(H2,15,16,17);1H. The van der Waals surface area contributed by atoms with E-state index in [2.05, 4.69) is 36.4 Å². The maximum absolute atomic E-state index is 5.39. The lowest BCUT2D eigenvalue weighted by Gasteiger charge is -2.41. The summed E-state index contributed by atoms with van der Waals surface area (Å²) in [6, 6.07) is 0. The molecule has 0 spiro atoms. The molecule has 0 aromatic rings. The van der Waals surface area contributed by atoms with Gasteiger partial charge < -0.3 is 15.4 Å². The van der Waals surface area contributed by atoms with Gasteiger partial charge in [0.2, 0.25) is 0 Å². The third-order valence-corrected chi connectivity index (χ3v) is 4.25. The molecule has 0 aromatic heterocycles. The van der Waals surface area contributed by atoms with E-state index in [9.17, 15) is 0 Å². The minimum absolute atomic E-state index is 0. The predicted octanol–water partition coefficient (Wildman–Crippen LogP) is 2.77. The predicted molar refractivity (Wildman–Crippen MR) is 92.4 cm³/mol. The average Bonchev–Trinajstić information content (AvgIpc) is 2.32. The lowest BCUT2D eigenvalue weighted by Crippen LogP contribution is -2.49. The molecule has 0 atom stereocenters. The van der Waals surface area contributed by atoms with Crippen LogP contribution in [-0.2, 0) is 4.74 Å². The molecule has 0 aliphatic heterocycles. The molecule has 114 valence electrons. The lowest BCUT2D eigenvalue weighted by atomic mass is 9.67. The van der Waals surface area contributed by atoms with Gasteiger partial charge in [0.1, 0.15) is 0 Å². The van der Waals surface area contributed by atoms with Crippen LogP contribution in [0.25, 0.3) is 0 Å². The topological polar surface area (TPSA) is 45.7 Å². The van der Waals surface area contributed by atoms with Crippen molar-refractivity contribution in [1.82, 2.24) is 10.6 Å². The van der Waals surface area contributed by atoms with Crippen LogP contribution in [0.2, 0.25) is 0 Å². The zero-order valence-corrected chi connectivity index (χ0v) is 15.3. The van der Waals surface area contributed by atoms with E-state index in [1.54, 1.807) is 7.11 Å². The molecule has 1 aliphatic rings. The smallest absolute Gasteiger partial charge is 0.191 e. The van der Waals surface area contributed by atoms with Gasteiger partial charge in [-0.25, -0.2) is 0 Å². The van der Waals surface area contributed by atoms with Gasteiger partial charge >= 0.3 is 0 Å². The third-order valence-electron chi connectivity index (χ3n) is 4.25. The highest BCUT2D eigenvalue weighted by Crippen LogP contribution is 2.42. The molecule has 0 heterocycles. The van der Waals surface area contributed by atoms with Gasteiger partial charge in [0, 0.05) is 27.2 Å². The molecule has 0 amide bonds. The molecular weight excluding hydrogens is 353 g/mol. The van der Waals surface area contributed by atoms with Crippen molar-refractivity contribution >= 4 is 29.9 Å². The van der Waals surface area contributed by atoms with Crippen molar-refractivity contribution in [1.29, 1.82) is 0 Å². The Hall–Kier alpha value is -0.0400. The second kappa shape index (κ2) is 8.29. The number of hydrogen-bond acceptors (Lipinski definition) is 2. The van der Waals surface area contributed by atoms with Crippen molar-refractivity contribution in [3.63, 3.8) is 0 Å². The van der Waals surface area contributed by atoms with Crippen LogP contribution in [0, 0.1) is 5.41 Å². The van der Waals surface area contributed by atoms with Crippen LogP contribution in [0.1, 0.15) is 46.5 Å². The number of methoxy groups -OCH3 is 1. The summed E-state index contributed by atoms with van der Waals surface area (Å²) < 4.78 is 5.39. The largest absolute Gasteiger partial charge is 0.377 e. The molecule has 1 saturated carbocycles. The van der Waals surface area contributed by atoms with Crippen molar-refractivity contribution in [2.45, 2.75) is 52.1 Å². The first-order valence-corrected chi connectivity index (χ1v) is 6.97. The van der Waals surface area contributed by atoms with Crippen LogP contribution < -0.4 is 10.6 Å². The second-order valence-corrected chi connectivity index (χ2v) is 5.95. The number of aliphatic imine (C=N–C) groups is 1. The molecule has 19 heavy (non-hydrogen) atoms. The minimum atomic E-state index is -0.170. The van der Waals surface area contributed by atoms with Gasteiger partial charge in [0.25, 0.3) is 0 Å². The fourth-order valence-electron chi connectivity index (χ4n) is 2.19. The third kappa shape index (κ3) is 5.85. The number of halogens is 1. The number of guanidine groups is 1. The molecular formula is C14H30IN3O. The fourth-order valence-corrected chi connectivity index (χ4v) is 2.19. The maximum Gasteiger partial charge on any atom is 0.191 e. The zero-order valence-electron chi connectivity index (χ0n) is 13.0. The highest BCUT2D eigenvalue weighted by molar-refractivity contribution is 14.0. The van der Waals surface area contributed by atoms with Crippen LogP contribution in [0.15, 0.2) is 4.99 Å². The van der Waals surface area contributed by atoms with E-state index >= 15 is 0 Å². The Morgan fingerprint density at radius 3 is 2.32 bits per heavy atom. The molecule has 5 heteroatoms. The molecule has 1 rings (SSSR count). The number of nitrogens with zero attached hydrogens (tertiary/aromatic N) is 1. The van der Waals surface area contributed by atoms with Crippen molar-refractivity contribution in [3.05, 3.63) is 0 Å². The van der Waals surface area contributed by atoms with Crippen LogP contribution in [0.5, 0.6) is 0 Å². The average molecular weight is 383 g/mol. The summed E-state index contributed by atoms with van der Waals surface area (Å²) in [7, 11) is 3.55. The molecule has 0 saturated heterocycles. The van der Waals surface area contributed by atoms with Gasteiger partial charge in [-0.3, -0.25) is 4.99 Å². The van der Waals surface area contributed by atoms with E-state index in [1.165, 1.54) is 25.7 Å². The van der Waals surface area contributed by atoms with Crippen LogP contribution in [-0.4, -0.2) is 38.8 Å². The normalized spacial score (nSPS) is 18.3. The summed E-state index contributed by atoms with van der Waals surface area (Å²) >= 11 is 0. The van der Waals surface area contributed by atoms with Gasteiger partial charge in [0.15, 0.2) is 5.96 Å². The van der Waals surface area contributed by atoms with Crippen molar-refractivity contribution < 1.29 is 4.74 Å². The van der Waals surface area contributed by atoms with Gasteiger partial charge in [-0.15, -0.1) is 24.0 Å². The second-order valence-electron chi connectivity index (χ2n) is 5.95. The molecule has 1 fully saturated rings. The number of ether oxygens (including phenoxy) is 1. The van der Waals surface area contributed by atoms with Crippen LogP contribution in [0.4, 0.5) is 0 Å². The van der Waals surface area contributed by atoms with Gasteiger partial charge in [-0.05, 0) is 38.5 Å². The summed E-state index contributed by atoms with van der Waals surface area (Å²) in [5, 5.41) is 6.76. The summed E-state index contributed by atoms with van der Waals surface area (Å²) in [5.74, 6) is 0.875. The van der Waals surface area contributed by atoms with E-state index in [1.807, 2.05) is 7.05 Å². The molecule has 0 radical (unpaired) electrons. The van der Waals surface area contributed by atoms with Crippen molar-refractivity contribution in [3.8, 4) is 0 Å².